The third-order valence-electron chi connectivity index (χ3n) is 3.64. The second-order valence-electron chi connectivity index (χ2n) is 5.67. The SMILES string of the molecule is Cc1ccc(C2OCCCC2CNC(C)C)cc1. The van der Waals surface area contributed by atoms with Crippen molar-refractivity contribution in [2.75, 3.05) is 13.2 Å². The zero-order chi connectivity index (χ0) is 13.0. The molecule has 1 aromatic rings. The van der Waals surface area contributed by atoms with Crippen LogP contribution in [0, 0.1) is 12.8 Å². The molecule has 2 atom stereocenters. The van der Waals surface area contributed by atoms with Gasteiger partial charge in [0.2, 0.25) is 0 Å². The van der Waals surface area contributed by atoms with Crippen LogP contribution in [0.3, 0.4) is 0 Å². The molecule has 2 heteroatoms. The van der Waals surface area contributed by atoms with E-state index in [4.69, 9.17) is 4.74 Å². The van der Waals surface area contributed by atoms with Gasteiger partial charge in [0.1, 0.15) is 0 Å². The highest BCUT2D eigenvalue weighted by atomic mass is 16.5. The van der Waals surface area contributed by atoms with E-state index < -0.39 is 0 Å². The lowest BCUT2D eigenvalue weighted by Crippen LogP contribution is -2.35. The van der Waals surface area contributed by atoms with Crippen molar-refractivity contribution in [2.24, 2.45) is 5.92 Å². The molecule has 0 aromatic heterocycles. The van der Waals surface area contributed by atoms with Gasteiger partial charge in [0.15, 0.2) is 0 Å². The molecule has 0 saturated carbocycles. The summed E-state index contributed by atoms with van der Waals surface area (Å²) in [4.78, 5) is 0. The minimum atomic E-state index is 0.269. The predicted octanol–water partition coefficient (Wildman–Crippen LogP) is 3.46. The molecule has 2 nitrogen and oxygen atoms in total. The molecular weight excluding hydrogens is 222 g/mol. The van der Waals surface area contributed by atoms with Crippen molar-refractivity contribution in [1.29, 1.82) is 0 Å². The van der Waals surface area contributed by atoms with Crippen LogP contribution in [0.5, 0.6) is 0 Å². The zero-order valence-electron chi connectivity index (χ0n) is 11.8. The molecule has 0 spiro atoms. The van der Waals surface area contributed by atoms with Gasteiger partial charge in [-0.2, -0.15) is 0 Å². The first-order valence-electron chi connectivity index (χ1n) is 7.08. The van der Waals surface area contributed by atoms with E-state index in [0.29, 0.717) is 12.0 Å². The molecule has 2 unspecified atom stereocenters. The van der Waals surface area contributed by atoms with E-state index in [-0.39, 0.29) is 6.10 Å². The first-order chi connectivity index (χ1) is 8.66. The number of hydrogen-bond donors (Lipinski definition) is 1. The van der Waals surface area contributed by atoms with Gasteiger partial charge in [0.25, 0.3) is 0 Å². The van der Waals surface area contributed by atoms with Crippen molar-refractivity contribution in [2.45, 2.75) is 45.8 Å². The van der Waals surface area contributed by atoms with E-state index in [9.17, 15) is 0 Å². The Morgan fingerprint density at radius 2 is 2.00 bits per heavy atom. The summed E-state index contributed by atoms with van der Waals surface area (Å²) in [5.74, 6) is 0.601. The highest BCUT2D eigenvalue weighted by molar-refractivity contribution is 5.24. The topological polar surface area (TPSA) is 21.3 Å². The highest BCUT2D eigenvalue weighted by Crippen LogP contribution is 2.33. The summed E-state index contributed by atoms with van der Waals surface area (Å²) in [5.41, 5.74) is 2.64. The molecule has 100 valence electrons. The summed E-state index contributed by atoms with van der Waals surface area (Å²) in [6, 6.07) is 9.34. The quantitative estimate of drug-likeness (QED) is 0.879. The lowest BCUT2D eigenvalue weighted by molar-refractivity contribution is -0.0282. The second-order valence-corrected chi connectivity index (χ2v) is 5.67. The first-order valence-corrected chi connectivity index (χ1v) is 7.08. The number of nitrogens with one attached hydrogen (secondary N) is 1. The summed E-state index contributed by atoms with van der Waals surface area (Å²) in [6.07, 6.45) is 2.72. The van der Waals surface area contributed by atoms with E-state index in [2.05, 4.69) is 50.4 Å². The van der Waals surface area contributed by atoms with Crippen LogP contribution in [0.4, 0.5) is 0 Å². The molecule has 2 rings (SSSR count). The average Bonchev–Trinajstić information content (AvgIpc) is 2.38. The highest BCUT2D eigenvalue weighted by Gasteiger charge is 2.27. The van der Waals surface area contributed by atoms with Crippen LogP contribution in [-0.2, 0) is 4.74 Å². The van der Waals surface area contributed by atoms with Crippen LogP contribution in [-0.4, -0.2) is 19.2 Å². The van der Waals surface area contributed by atoms with Crippen molar-refractivity contribution in [3.8, 4) is 0 Å². The molecule has 0 radical (unpaired) electrons. The molecule has 1 heterocycles. The maximum atomic E-state index is 6.01. The maximum Gasteiger partial charge on any atom is 0.0865 e. The molecular formula is C16H25NO. The van der Waals surface area contributed by atoms with E-state index >= 15 is 0 Å². The fourth-order valence-electron chi connectivity index (χ4n) is 2.56. The standard InChI is InChI=1S/C16H25NO/c1-12(2)17-11-15-5-4-10-18-16(15)14-8-6-13(3)7-9-14/h6-9,12,15-17H,4-5,10-11H2,1-3H3. The minimum absolute atomic E-state index is 0.269. The van der Waals surface area contributed by atoms with Gasteiger partial charge in [-0.1, -0.05) is 43.7 Å². The van der Waals surface area contributed by atoms with Crippen LogP contribution in [0.2, 0.25) is 0 Å². The van der Waals surface area contributed by atoms with Crippen LogP contribution in [0.25, 0.3) is 0 Å². The summed E-state index contributed by atoms with van der Waals surface area (Å²) >= 11 is 0. The molecule has 0 aliphatic carbocycles. The van der Waals surface area contributed by atoms with Crippen molar-refractivity contribution in [1.82, 2.24) is 5.32 Å². The van der Waals surface area contributed by atoms with Crippen molar-refractivity contribution in [3.63, 3.8) is 0 Å². The van der Waals surface area contributed by atoms with Gasteiger partial charge in [-0.15, -0.1) is 0 Å². The summed E-state index contributed by atoms with van der Waals surface area (Å²) in [7, 11) is 0. The number of hydrogen-bond acceptors (Lipinski definition) is 2. The van der Waals surface area contributed by atoms with E-state index in [0.717, 1.165) is 13.2 Å². The minimum Gasteiger partial charge on any atom is -0.373 e. The van der Waals surface area contributed by atoms with E-state index in [1.807, 2.05) is 0 Å². The third kappa shape index (κ3) is 3.56. The van der Waals surface area contributed by atoms with Crippen molar-refractivity contribution in [3.05, 3.63) is 35.4 Å². The third-order valence-corrected chi connectivity index (χ3v) is 3.64. The van der Waals surface area contributed by atoms with Crippen LogP contribution < -0.4 is 5.32 Å². The van der Waals surface area contributed by atoms with E-state index in [1.165, 1.54) is 24.0 Å². The van der Waals surface area contributed by atoms with Gasteiger partial charge in [0, 0.05) is 25.1 Å². The van der Waals surface area contributed by atoms with E-state index in [1.54, 1.807) is 0 Å². The van der Waals surface area contributed by atoms with Gasteiger partial charge in [-0.25, -0.2) is 0 Å². The number of ether oxygens (including phenoxy) is 1. The number of benzene rings is 1. The molecule has 1 saturated heterocycles. The van der Waals surface area contributed by atoms with Gasteiger partial charge >= 0.3 is 0 Å². The van der Waals surface area contributed by atoms with Crippen LogP contribution >= 0.6 is 0 Å². The van der Waals surface area contributed by atoms with Crippen LogP contribution in [0.15, 0.2) is 24.3 Å². The summed E-state index contributed by atoms with van der Waals surface area (Å²) < 4.78 is 6.01. The Bertz CT molecular complexity index is 358. The smallest absolute Gasteiger partial charge is 0.0865 e. The lowest BCUT2D eigenvalue weighted by atomic mass is 9.89. The monoisotopic (exact) mass is 247 g/mol. The fourth-order valence-corrected chi connectivity index (χ4v) is 2.56. The molecule has 1 aliphatic rings. The molecule has 1 aromatic carbocycles. The van der Waals surface area contributed by atoms with Gasteiger partial charge in [-0.3, -0.25) is 0 Å². The van der Waals surface area contributed by atoms with Gasteiger partial charge < -0.3 is 10.1 Å². The Morgan fingerprint density at radius 1 is 1.28 bits per heavy atom. The fraction of sp³-hybridized carbons (Fsp3) is 0.625. The Kier molecular flexibility index (Phi) is 4.79. The molecule has 1 aliphatic heterocycles. The van der Waals surface area contributed by atoms with Crippen molar-refractivity contribution < 1.29 is 4.74 Å². The Balaban J connectivity index is 2.05. The first kappa shape index (κ1) is 13.6. The molecule has 1 fully saturated rings. The number of aryl methyl sites for hydroxylation is 1. The van der Waals surface area contributed by atoms with Gasteiger partial charge in [0.05, 0.1) is 6.10 Å². The number of rotatable bonds is 4. The predicted molar refractivity (Wildman–Crippen MR) is 75.7 cm³/mol. The lowest BCUT2D eigenvalue weighted by Gasteiger charge is -2.33. The van der Waals surface area contributed by atoms with Gasteiger partial charge in [-0.05, 0) is 25.3 Å². The largest absolute Gasteiger partial charge is 0.373 e. The molecule has 18 heavy (non-hydrogen) atoms. The molecule has 1 N–H and O–H groups in total. The molecule has 0 bridgehead atoms. The Hall–Kier alpha value is -0.860. The Morgan fingerprint density at radius 3 is 2.67 bits per heavy atom. The Labute approximate surface area is 111 Å². The zero-order valence-corrected chi connectivity index (χ0v) is 11.8. The molecule has 0 amide bonds. The average molecular weight is 247 g/mol. The van der Waals surface area contributed by atoms with Crippen LogP contribution in [0.1, 0.15) is 43.9 Å². The van der Waals surface area contributed by atoms with Crippen molar-refractivity contribution >= 4 is 0 Å². The summed E-state index contributed by atoms with van der Waals surface area (Å²) in [5, 5.41) is 3.55. The summed E-state index contributed by atoms with van der Waals surface area (Å²) in [6.45, 7) is 8.48. The second kappa shape index (κ2) is 6.35. The maximum absolute atomic E-state index is 6.01. The normalized spacial score (nSPS) is 24.4.